The summed E-state index contributed by atoms with van der Waals surface area (Å²) in [5, 5.41) is 2.66. The molecule has 94 valence electrons. The highest BCUT2D eigenvalue weighted by molar-refractivity contribution is 5.78. The average molecular weight is 229 g/mol. The molecule has 0 unspecified atom stereocenters. The maximum atomic E-state index is 11.5. The van der Waals surface area contributed by atoms with E-state index in [0.29, 0.717) is 25.4 Å². The van der Waals surface area contributed by atoms with E-state index in [1.54, 1.807) is 0 Å². The predicted octanol–water partition coefficient (Wildman–Crippen LogP) is -0.0109. The van der Waals surface area contributed by atoms with Crippen LogP contribution in [0.25, 0.3) is 0 Å². The van der Waals surface area contributed by atoms with Crippen molar-refractivity contribution in [2.75, 3.05) is 13.1 Å². The Hall–Kier alpha value is -1.10. The maximum Gasteiger partial charge on any atom is 0.220 e. The smallest absolute Gasteiger partial charge is 0.220 e. The monoisotopic (exact) mass is 229 g/mol. The lowest BCUT2D eigenvalue weighted by Gasteiger charge is -2.16. The summed E-state index contributed by atoms with van der Waals surface area (Å²) in [6.45, 7) is 5.04. The largest absolute Gasteiger partial charge is 0.370 e. The number of rotatable bonds is 8. The molecule has 16 heavy (non-hydrogen) atoms. The molecule has 0 spiro atoms. The molecule has 0 aromatic heterocycles. The number of hydrogen-bond donors (Lipinski definition) is 3. The van der Waals surface area contributed by atoms with Gasteiger partial charge in [-0.25, -0.2) is 0 Å². The number of nitrogens with two attached hydrogens (primary N) is 2. The van der Waals surface area contributed by atoms with Gasteiger partial charge < -0.3 is 16.8 Å². The van der Waals surface area contributed by atoms with Crippen LogP contribution in [0.5, 0.6) is 0 Å². The summed E-state index contributed by atoms with van der Waals surface area (Å²) in [6.07, 6.45) is 1.55. The van der Waals surface area contributed by atoms with Crippen LogP contribution in [-0.4, -0.2) is 24.9 Å². The Kier molecular flexibility index (Phi) is 7.54. The van der Waals surface area contributed by atoms with Gasteiger partial charge in [-0.05, 0) is 24.8 Å². The van der Waals surface area contributed by atoms with Crippen molar-refractivity contribution in [1.82, 2.24) is 5.32 Å². The molecule has 0 aliphatic heterocycles. The second kappa shape index (κ2) is 8.10. The third-order valence-electron chi connectivity index (χ3n) is 2.31. The van der Waals surface area contributed by atoms with E-state index in [0.717, 1.165) is 6.42 Å². The summed E-state index contributed by atoms with van der Waals surface area (Å²) in [5.74, 6) is 0.288. The molecule has 0 aromatic carbocycles. The van der Waals surface area contributed by atoms with Gasteiger partial charge in [-0.2, -0.15) is 0 Å². The summed E-state index contributed by atoms with van der Waals surface area (Å²) in [6, 6.07) is 0. The van der Waals surface area contributed by atoms with Crippen LogP contribution in [0.15, 0.2) is 0 Å². The van der Waals surface area contributed by atoms with Crippen LogP contribution in [0.3, 0.4) is 0 Å². The lowest BCUT2D eigenvalue weighted by molar-refractivity contribution is -0.122. The molecule has 1 atom stereocenters. The lowest BCUT2D eigenvalue weighted by atomic mass is 9.94. The van der Waals surface area contributed by atoms with Gasteiger partial charge in [-0.1, -0.05) is 13.8 Å². The van der Waals surface area contributed by atoms with E-state index in [-0.39, 0.29) is 18.2 Å². The maximum absolute atomic E-state index is 11.5. The fourth-order valence-electron chi connectivity index (χ4n) is 1.59. The van der Waals surface area contributed by atoms with E-state index in [9.17, 15) is 9.59 Å². The fourth-order valence-corrected chi connectivity index (χ4v) is 1.59. The topological polar surface area (TPSA) is 98.2 Å². The zero-order valence-corrected chi connectivity index (χ0v) is 10.2. The van der Waals surface area contributed by atoms with Crippen molar-refractivity contribution in [2.24, 2.45) is 23.3 Å². The molecule has 0 aliphatic rings. The molecule has 0 rings (SSSR count). The molecular formula is C11H23N3O2. The van der Waals surface area contributed by atoms with Crippen LogP contribution in [-0.2, 0) is 9.59 Å². The number of carbonyl (C=O) groups excluding carboxylic acids is 2. The van der Waals surface area contributed by atoms with E-state index in [1.165, 1.54) is 0 Å². The van der Waals surface area contributed by atoms with Crippen molar-refractivity contribution < 1.29 is 9.59 Å². The highest BCUT2D eigenvalue weighted by Crippen LogP contribution is 2.13. The van der Waals surface area contributed by atoms with E-state index >= 15 is 0 Å². The third-order valence-corrected chi connectivity index (χ3v) is 2.31. The first-order valence-electron chi connectivity index (χ1n) is 5.70. The van der Waals surface area contributed by atoms with Crippen molar-refractivity contribution >= 4 is 11.8 Å². The third kappa shape index (κ3) is 8.23. The molecular weight excluding hydrogens is 206 g/mol. The van der Waals surface area contributed by atoms with Crippen molar-refractivity contribution in [2.45, 2.75) is 33.1 Å². The van der Waals surface area contributed by atoms with Crippen LogP contribution in [0.4, 0.5) is 0 Å². The highest BCUT2D eigenvalue weighted by atomic mass is 16.2. The van der Waals surface area contributed by atoms with Gasteiger partial charge >= 0.3 is 0 Å². The van der Waals surface area contributed by atoms with Crippen LogP contribution in [0, 0.1) is 11.8 Å². The molecule has 0 bridgehead atoms. The summed E-state index contributed by atoms with van der Waals surface area (Å²) in [5.41, 5.74) is 10.6. The summed E-state index contributed by atoms with van der Waals surface area (Å²) in [7, 11) is 0. The Morgan fingerprint density at radius 2 is 1.94 bits per heavy atom. The van der Waals surface area contributed by atoms with Gasteiger partial charge in [0, 0.05) is 19.4 Å². The molecule has 0 saturated carbocycles. The zero-order valence-electron chi connectivity index (χ0n) is 10.2. The quantitative estimate of drug-likeness (QED) is 0.546. The van der Waals surface area contributed by atoms with E-state index in [1.807, 2.05) is 0 Å². The first-order valence-corrected chi connectivity index (χ1v) is 5.70. The van der Waals surface area contributed by atoms with Crippen LogP contribution >= 0.6 is 0 Å². The zero-order chi connectivity index (χ0) is 12.6. The second-order valence-corrected chi connectivity index (χ2v) is 4.50. The molecule has 0 radical (unpaired) electrons. The Bertz CT molecular complexity index is 229. The molecule has 0 aliphatic carbocycles. The average Bonchev–Trinajstić information content (AvgIpc) is 2.15. The number of nitrogens with one attached hydrogen (secondary N) is 1. The van der Waals surface area contributed by atoms with Gasteiger partial charge in [-0.15, -0.1) is 0 Å². The minimum atomic E-state index is -0.405. The minimum Gasteiger partial charge on any atom is -0.370 e. The van der Waals surface area contributed by atoms with Crippen LogP contribution in [0.1, 0.15) is 33.1 Å². The molecule has 5 heteroatoms. The van der Waals surface area contributed by atoms with Crippen molar-refractivity contribution in [3.05, 3.63) is 0 Å². The van der Waals surface area contributed by atoms with Crippen molar-refractivity contribution in [3.8, 4) is 0 Å². The Balaban J connectivity index is 3.78. The van der Waals surface area contributed by atoms with Gasteiger partial charge in [-0.3, -0.25) is 9.59 Å². The van der Waals surface area contributed by atoms with Gasteiger partial charge in [0.25, 0.3) is 0 Å². The fraction of sp³-hybridized carbons (Fsp3) is 0.818. The number of primary amides is 1. The molecule has 0 saturated heterocycles. The van der Waals surface area contributed by atoms with Gasteiger partial charge in [0.2, 0.25) is 11.8 Å². The number of amides is 2. The van der Waals surface area contributed by atoms with Gasteiger partial charge in [0.15, 0.2) is 0 Å². The van der Waals surface area contributed by atoms with E-state index in [4.69, 9.17) is 11.5 Å². The molecule has 0 fully saturated rings. The second-order valence-electron chi connectivity index (χ2n) is 4.50. The summed E-state index contributed by atoms with van der Waals surface area (Å²) >= 11 is 0. The Labute approximate surface area is 96.9 Å². The standard InChI is InChI=1S/C11H23N3O2/c1-8(2)5-9(7-12)6-11(16)14-4-3-10(13)15/h8-9H,3-7,12H2,1-2H3,(H2,13,15)(H,14,16)/t9-/m0/s1. The minimum absolute atomic E-state index is 0.0580. The molecule has 2 amide bonds. The summed E-state index contributed by atoms with van der Waals surface area (Å²) in [4.78, 5) is 21.9. The van der Waals surface area contributed by atoms with Gasteiger partial charge in [0.1, 0.15) is 0 Å². The van der Waals surface area contributed by atoms with Crippen molar-refractivity contribution in [1.29, 1.82) is 0 Å². The Morgan fingerprint density at radius 1 is 1.31 bits per heavy atom. The van der Waals surface area contributed by atoms with E-state index < -0.39 is 5.91 Å². The molecule has 5 N–H and O–H groups in total. The van der Waals surface area contributed by atoms with E-state index in [2.05, 4.69) is 19.2 Å². The first-order chi connectivity index (χ1) is 7.45. The molecule has 5 nitrogen and oxygen atoms in total. The first kappa shape index (κ1) is 14.9. The predicted molar refractivity (Wildman–Crippen MR) is 63.4 cm³/mol. The normalized spacial score (nSPS) is 12.5. The highest BCUT2D eigenvalue weighted by Gasteiger charge is 2.13. The SMILES string of the molecule is CC(C)C[C@H](CN)CC(=O)NCCC(N)=O. The van der Waals surface area contributed by atoms with Crippen LogP contribution in [0.2, 0.25) is 0 Å². The Morgan fingerprint density at radius 3 is 2.38 bits per heavy atom. The number of hydrogen-bond acceptors (Lipinski definition) is 3. The number of carbonyl (C=O) groups is 2. The lowest BCUT2D eigenvalue weighted by Crippen LogP contribution is -2.31. The summed E-state index contributed by atoms with van der Waals surface area (Å²) < 4.78 is 0. The van der Waals surface area contributed by atoms with Gasteiger partial charge in [0.05, 0.1) is 0 Å². The molecule has 0 heterocycles. The molecule has 0 aromatic rings. The van der Waals surface area contributed by atoms with Crippen molar-refractivity contribution in [3.63, 3.8) is 0 Å². The van der Waals surface area contributed by atoms with Crippen LogP contribution < -0.4 is 16.8 Å².